The van der Waals surface area contributed by atoms with Gasteiger partial charge in [0.05, 0.1) is 23.1 Å². The first kappa shape index (κ1) is 20.2. The highest BCUT2D eigenvalue weighted by atomic mass is 35.5. The van der Waals surface area contributed by atoms with Gasteiger partial charge in [-0.3, -0.25) is 14.2 Å². The average Bonchev–Trinajstić information content (AvgIpc) is 2.90. The zero-order valence-corrected chi connectivity index (χ0v) is 17.1. The number of benzene rings is 2. The lowest BCUT2D eigenvalue weighted by Crippen LogP contribution is -2.16. The standard InChI is InChI=1S/C21H19Cl2NO4/c1-11(2)28-18(26)10-15-12(3)24(16-8-9-17(25)20(23)19(15)16)21(27)13-4-6-14(22)7-5-13/h4-9,11,25H,10H2,1-3H3. The summed E-state index contributed by atoms with van der Waals surface area (Å²) in [5.74, 6) is -0.844. The number of phenols is 1. The molecule has 0 saturated heterocycles. The van der Waals surface area contributed by atoms with Crippen LogP contribution in [0.2, 0.25) is 10.0 Å². The van der Waals surface area contributed by atoms with E-state index in [4.69, 9.17) is 27.9 Å². The number of halogens is 2. The molecule has 1 heterocycles. The maximum Gasteiger partial charge on any atom is 0.310 e. The highest BCUT2D eigenvalue weighted by Crippen LogP contribution is 2.38. The maximum atomic E-state index is 13.2. The van der Waals surface area contributed by atoms with E-state index in [1.807, 2.05) is 0 Å². The van der Waals surface area contributed by atoms with Gasteiger partial charge in [0.15, 0.2) is 0 Å². The van der Waals surface area contributed by atoms with Gasteiger partial charge in [-0.25, -0.2) is 0 Å². The zero-order valence-electron chi connectivity index (χ0n) is 15.6. The predicted octanol–water partition coefficient (Wildman–Crippen LogP) is 5.14. The van der Waals surface area contributed by atoms with Crippen LogP contribution in [-0.4, -0.2) is 27.7 Å². The summed E-state index contributed by atoms with van der Waals surface area (Å²) in [4.78, 5) is 25.4. The molecule has 3 rings (SSSR count). The van der Waals surface area contributed by atoms with Gasteiger partial charge in [-0.1, -0.05) is 23.2 Å². The molecule has 5 nitrogen and oxygen atoms in total. The van der Waals surface area contributed by atoms with Crippen LogP contribution in [0.15, 0.2) is 36.4 Å². The Labute approximate surface area is 172 Å². The highest BCUT2D eigenvalue weighted by molar-refractivity contribution is 6.37. The number of carbonyl (C=O) groups is 2. The fourth-order valence-corrected chi connectivity index (χ4v) is 3.57. The Hall–Kier alpha value is -2.50. The molecular formula is C21H19Cl2NO4. The van der Waals surface area contributed by atoms with Crippen LogP contribution in [0.3, 0.4) is 0 Å². The number of fused-ring (bicyclic) bond motifs is 1. The molecule has 1 N–H and O–H groups in total. The summed E-state index contributed by atoms with van der Waals surface area (Å²) in [7, 11) is 0. The van der Waals surface area contributed by atoms with Crippen LogP contribution < -0.4 is 0 Å². The summed E-state index contributed by atoms with van der Waals surface area (Å²) >= 11 is 12.2. The van der Waals surface area contributed by atoms with E-state index in [0.29, 0.717) is 32.7 Å². The molecule has 0 saturated carbocycles. The molecule has 0 bridgehead atoms. The molecule has 3 aromatic rings. The summed E-state index contributed by atoms with van der Waals surface area (Å²) in [6.45, 7) is 5.26. The molecular weight excluding hydrogens is 401 g/mol. The SMILES string of the molecule is Cc1c(CC(=O)OC(C)C)c2c(Cl)c(O)ccc2n1C(=O)c1ccc(Cl)cc1. The normalized spacial score (nSPS) is 11.2. The first-order chi connectivity index (χ1) is 13.2. The van der Waals surface area contributed by atoms with Crippen LogP contribution in [-0.2, 0) is 16.0 Å². The van der Waals surface area contributed by atoms with Crippen molar-refractivity contribution >= 4 is 46.0 Å². The van der Waals surface area contributed by atoms with Crippen molar-refractivity contribution in [3.8, 4) is 5.75 Å². The highest BCUT2D eigenvalue weighted by Gasteiger charge is 2.25. The summed E-state index contributed by atoms with van der Waals surface area (Å²) < 4.78 is 6.73. The molecule has 28 heavy (non-hydrogen) atoms. The molecule has 0 amide bonds. The molecule has 7 heteroatoms. The van der Waals surface area contributed by atoms with Gasteiger partial charge in [-0.15, -0.1) is 0 Å². The number of nitrogens with zero attached hydrogens (tertiary/aromatic N) is 1. The quantitative estimate of drug-likeness (QED) is 0.593. The van der Waals surface area contributed by atoms with Gasteiger partial charge in [0.1, 0.15) is 5.75 Å². The van der Waals surface area contributed by atoms with Crippen molar-refractivity contribution in [3.05, 3.63) is 63.3 Å². The van der Waals surface area contributed by atoms with E-state index in [0.717, 1.165) is 0 Å². The van der Waals surface area contributed by atoms with Crippen molar-refractivity contribution < 1.29 is 19.4 Å². The number of rotatable bonds is 4. The van der Waals surface area contributed by atoms with Gasteiger partial charge < -0.3 is 9.84 Å². The molecule has 0 radical (unpaired) electrons. The molecule has 0 aliphatic rings. The summed E-state index contributed by atoms with van der Waals surface area (Å²) in [6.07, 6.45) is -0.328. The Morgan fingerprint density at radius 3 is 2.36 bits per heavy atom. The predicted molar refractivity (Wildman–Crippen MR) is 109 cm³/mol. The molecule has 0 spiro atoms. The van der Waals surface area contributed by atoms with Crippen LogP contribution in [0.1, 0.15) is 35.5 Å². The summed E-state index contributed by atoms with van der Waals surface area (Å²) in [5.41, 5.74) is 2.05. The summed E-state index contributed by atoms with van der Waals surface area (Å²) in [5, 5.41) is 11.1. The van der Waals surface area contributed by atoms with Crippen LogP contribution in [0, 0.1) is 6.92 Å². The number of hydrogen-bond donors (Lipinski definition) is 1. The second-order valence-electron chi connectivity index (χ2n) is 6.72. The minimum absolute atomic E-state index is 0.0649. The third-order valence-corrected chi connectivity index (χ3v) is 5.03. The second-order valence-corrected chi connectivity index (χ2v) is 7.53. The fourth-order valence-electron chi connectivity index (χ4n) is 3.17. The van der Waals surface area contributed by atoms with Crippen molar-refractivity contribution in [2.24, 2.45) is 0 Å². The molecule has 0 aliphatic heterocycles. The molecule has 0 aliphatic carbocycles. The maximum absolute atomic E-state index is 13.2. The number of carbonyl (C=O) groups excluding carboxylic acids is 2. The molecule has 0 fully saturated rings. The minimum atomic E-state index is -0.435. The van der Waals surface area contributed by atoms with Crippen molar-refractivity contribution in [1.82, 2.24) is 4.57 Å². The number of aromatic nitrogens is 1. The molecule has 2 aromatic carbocycles. The second kappa shape index (κ2) is 7.86. The lowest BCUT2D eigenvalue weighted by Gasteiger charge is -2.09. The average molecular weight is 420 g/mol. The van der Waals surface area contributed by atoms with E-state index in [2.05, 4.69) is 0 Å². The molecule has 146 valence electrons. The lowest BCUT2D eigenvalue weighted by molar-refractivity contribution is -0.146. The van der Waals surface area contributed by atoms with Gasteiger partial charge in [0, 0.05) is 21.7 Å². The number of hydrogen-bond acceptors (Lipinski definition) is 4. The number of ether oxygens (including phenoxy) is 1. The van der Waals surface area contributed by atoms with Crippen LogP contribution in [0.25, 0.3) is 10.9 Å². The Morgan fingerprint density at radius 2 is 1.75 bits per heavy atom. The molecule has 1 aromatic heterocycles. The third-order valence-electron chi connectivity index (χ3n) is 4.40. The van der Waals surface area contributed by atoms with Crippen molar-refractivity contribution in [2.45, 2.75) is 33.3 Å². The molecule has 0 atom stereocenters. The lowest BCUT2D eigenvalue weighted by atomic mass is 10.1. The summed E-state index contributed by atoms with van der Waals surface area (Å²) in [6, 6.07) is 9.56. The third kappa shape index (κ3) is 3.73. The largest absolute Gasteiger partial charge is 0.506 e. The van der Waals surface area contributed by atoms with E-state index in [9.17, 15) is 14.7 Å². The topological polar surface area (TPSA) is 68.5 Å². The van der Waals surface area contributed by atoms with Gasteiger partial charge in [-0.05, 0) is 62.7 Å². The Morgan fingerprint density at radius 1 is 1.11 bits per heavy atom. The number of phenolic OH excluding ortho intramolecular Hbond substituents is 1. The number of esters is 1. The van der Waals surface area contributed by atoms with E-state index >= 15 is 0 Å². The van der Waals surface area contributed by atoms with E-state index in [1.54, 1.807) is 51.1 Å². The number of aromatic hydroxyl groups is 1. The smallest absolute Gasteiger partial charge is 0.310 e. The van der Waals surface area contributed by atoms with E-state index in [1.165, 1.54) is 10.6 Å². The van der Waals surface area contributed by atoms with Gasteiger partial charge in [-0.2, -0.15) is 0 Å². The monoisotopic (exact) mass is 419 g/mol. The van der Waals surface area contributed by atoms with E-state index in [-0.39, 0.29) is 29.2 Å². The molecule has 0 unspecified atom stereocenters. The van der Waals surface area contributed by atoms with E-state index < -0.39 is 5.97 Å². The first-order valence-corrected chi connectivity index (χ1v) is 9.47. The van der Waals surface area contributed by atoms with Crippen LogP contribution >= 0.6 is 23.2 Å². The van der Waals surface area contributed by atoms with Gasteiger partial charge in [0.2, 0.25) is 0 Å². The van der Waals surface area contributed by atoms with Crippen LogP contribution in [0.5, 0.6) is 5.75 Å². The van der Waals surface area contributed by atoms with Crippen molar-refractivity contribution in [2.75, 3.05) is 0 Å². The minimum Gasteiger partial charge on any atom is -0.506 e. The van der Waals surface area contributed by atoms with Crippen LogP contribution in [0.4, 0.5) is 0 Å². The Kier molecular flexibility index (Phi) is 5.68. The van der Waals surface area contributed by atoms with Crippen molar-refractivity contribution in [3.63, 3.8) is 0 Å². The first-order valence-electron chi connectivity index (χ1n) is 8.71. The van der Waals surface area contributed by atoms with Crippen molar-refractivity contribution in [1.29, 1.82) is 0 Å². The van der Waals surface area contributed by atoms with Gasteiger partial charge >= 0.3 is 5.97 Å². The zero-order chi connectivity index (χ0) is 20.6. The van der Waals surface area contributed by atoms with Gasteiger partial charge in [0.25, 0.3) is 5.91 Å². The Balaban J connectivity index is 2.19. The Bertz CT molecular complexity index is 1070. The fraction of sp³-hybridized carbons (Fsp3) is 0.238.